The van der Waals surface area contributed by atoms with Crippen molar-refractivity contribution in [1.29, 1.82) is 0 Å². The van der Waals surface area contributed by atoms with E-state index in [0.29, 0.717) is 15.6 Å². The molecule has 0 spiro atoms. The highest BCUT2D eigenvalue weighted by Crippen LogP contribution is 2.28. The normalized spacial score (nSPS) is 24.1. The number of hydrogen-bond acceptors (Lipinski definition) is 1. The number of benzene rings is 1. The summed E-state index contributed by atoms with van der Waals surface area (Å²) in [6, 6.07) is 5.55. The van der Waals surface area contributed by atoms with Crippen molar-refractivity contribution >= 4 is 29.1 Å². The van der Waals surface area contributed by atoms with Crippen LogP contribution in [0.15, 0.2) is 18.2 Å². The predicted molar refractivity (Wildman–Crippen MR) is 75.4 cm³/mol. The lowest BCUT2D eigenvalue weighted by molar-refractivity contribution is 0.0511. The Morgan fingerprint density at radius 2 is 1.83 bits per heavy atom. The van der Waals surface area contributed by atoms with Crippen molar-refractivity contribution in [2.45, 2.75) is 45.2 Å². The Labute approximate surface area is 118 Å². The first kappa shape index (κ1) is 13.7. The third kappa shape index (κ3) is 2.65. The van der Waals surface area contributed by atoms with Crippen molar-refractivity contribution in [1.82, 2.24) is 4.90 Å². The molecule has 1 aromatic rings. The van der Waals surface area contributed by atoms with Gasteiger partial charge in [0.15, 0.2) is 0 Å². The molecule has 0 aliphatic carbocycles. The Bertz CT molecular complexity index is 451. The average Bonchev–Trinajstić information content (AvgIpc) is 2.32. The van der Waals surface area contributed by atoms with Crippen LogP contribution in [0, 0.1) is 0 Å². The number of carbonyl (C=O) groups is 1. The summed E-state index contributed by atoms with van der Waals surface area (Å²) in [6.07, 6.45) is 3.28. The molecule has 98 valence electrons. The van der Waals surface area contributed by atoms with Crippen LogP contribution in [0.1, 0.15) is 43.5 Å². The number of likely N-dealkylation sites (tertiary alicyclic amines) is 1. The van der Waals surface area contributed by atoms with Gasteiger partial charge in [-0.3, -0.25) is 4.79 Å². The lowest BCUT2D eigenvalue weighted by Gasteiger charge is -2.39. The summed E-state index contributed by atoms with van der Waals surface area (Å²) in [6.45, 7) is 4.18. The van der Waals surface area contributed by atoms with E-state index in [2.05, 4.69) is 13.8 Å². The molecule has 1 amide bonds. The number of rotatable bonds is 1. The highest BCUT2D eigenvalue weighted by atomic mass is 35.5. The van der Waals surface area contributed by atoms with Crippen LogP contribution < -0.4 is 0 Å². The van der Waals surface area contributed by atoms with E-state index in [-0.39, 0.29) is 18.0 Å². The zero-order valence-electron chi connectivity index (χ0n) is 10.6. The van der Waals surface area contributed by atoms with E-state index in [1.807, 2.05) is 4.90 Å². The molecule has 1 aromatic carbocycles. The minimum Gasteiger partial charge on any atom is -0.333 e. The fraction of sp³-hybridized carbons (Fsp3) is 0.500. The van der Waals surface area contributed by atoms with Crippen LogP contribution in [0.4, 0.5) is 0 Å². The van der Waals surface area contributed by atoms with Crippen LogP contribution >= 0.6 is 23.2 Å². The maximum Gasteiger partial charge on any atom is 0.255 e. The van der Waals surface area contributed by atoms with Gasteiger partial charge in [0, 0.05) is 17.1 Å². The summed E-state index contributed by atoms with van der Waals surface area (Å²) < 4.78 is 0. The zero-order valence-corrected chi connectivity index (χ0v) is 12.1. The van der Waals surface area contributed by atoms with Crippen molar-refractivity contribution < 1.29 is 4.79 Å². The molecule has 0 saturated carbocycles. The van der Waals surface area contributed by atoms with Crippen molar-refractivity contribution in [3.63, 3.8) is 0 Å². The Morgan fingerprint density at radius 3 is 2.44 bits per heavy atom. The van der Waals surface area contributed by atoms with Gasteiger partial charge in [-0.1, -0.05) is 23.2 Å². The third-order valence-corrected chi connectivity index (χ3v) is 4.15. The van der Waals surface area contributed by atoms with Gasteiger partial charge in [-0.05, 0) is 51.3 Å². The second-order valence-electron chi connectivity index (χ2n) is 4.97. The monoisotopic (exact) mass is 285 g/mol. The lowest BCUT2D eigenvalue weighted by Crippen LogP contribution is -2.47. The van der Waals surface area contributed by atoms with Crippen LogP contribution in [-0.2, 0) is 0 Å². The molecule has 0 unspecified atom stereocenters. The Morgan fingerprint density at radius 1 is 1.22 bits per heavy atom. The number of carbonyl (C=O) groups excluding carboxylic acids is 1. The van der Waals surface area contributed by atoms with E-state index in [9.17, 15) is 4.79 Å². The molecular formula is C14H17Cl2NO. The Hall–Kier alpha value is -0.730. The van der Waals surface area contributed by atoms with Crippen LogP contribution in [0.5, 0.6) is 0 Å². The van der Waals surface area contributed by atoms with Crippen molar-refractivity contribution in [3.05, 3.63) is 33.8 Å². The molecule has 0 bridgehead atoms. The molecule has 0 aromatic heterocycles. The number of halogens is 2. The summed E-state index contributed by atoms with van der Waals surface area (Å²) in [5.41, 5.74) is 0.504. The Balaban J connectivity index is 2.32. The van der Waals surface area contributed by atoms with Gasteiger partial charge in [-0.15, -0.1) is 0 Å². The molecule has 1 fully saturated rings. The second-order valence-corrected chi connectivity index (χ2v) is 5.81. The first-order chi connectivity index (χ1) is 8.50. The van der Waals surface area contributed by atoms with Crippen LogP contribution in [-0.4, -0.2) is 22.9 Å². The van der Waals surface area contributed by atoms with Crippen LogP contribution in [0.25, 0.3) is 0 Å². The molecular weight excluding hydrogens is 269 g/mol. The minimum absolute atomic E-state index is 0.0119. The van der Waals surface area contributed by atoms with Gasteiger partial charge in [0.1, 0.15) is 0 Å². The molecule has 1 saturated heterocycles. The molecule has 1 aliphatic heterocycles. The second kappa shape index (κ2) is 5.50. The molecule has 1 aliphatic rings. The quantitative estimate of drug-likeness (QED) is 0.749. The van der Waals surface area contributed by atoms with E-state index in [1.165, 1.54) is 6.42 Å². The van der Waals surface area contributed by atoms with E-state index in [0.717, 1.165) is 12.8 Å². The summed E-state index contributed by atoms with van der Waals surface area (Å²) in [4.78, 5) is 14.5. The van der Waals surface area contributed by atoms with E-state index >= 15 is 0 Å². The number of piperidine rings is 1. The van der Waals surface area contributed by atoms with Gasteiger partial charge < -0.3 is 4.90 Å². The predicted octanol–water partition coefficient (Wildman–Crippen LogP) is 4.40. The maximum atomic E-state index is 12.6. The summed E-state index contributed by atoms with van der Waals surface area (Å²) in [5, 5.41) is 1.01. The van der Waals surface area contributed by atoms with Gasteiger partial charge in [0.05, 0.1) is 10.6 Å². The van der Waals surface area contributed by atoms with Gasteiger partial charge >= 0.3 is 0 Å². The molecule has 4 heteroatoms. The van der Waals surface area contributed by atoms with Gasteiger partial charge in [0.25, 0.3) is 5.91 Å². The molecule has 18 heavy (non-hydrogen) atoms. The fourth-order valence-electron chi connectivity index (χ4n) is 2.62. The van der Waals surface area contributed by atoms with E-state index in [4.69, 9.17) is 23.2 Å². The molecule has 1 heterocycles. The topological polar surface area (TPSA) is 20.3 Å². The van der Waals surface area contributed by atoms with Crippen molar-refractivity contribution in [2.75, 3.05) is 0 Å². The maximum absolute atomic E-state index is 12.6. The molecule has 2 atom stereocenters. The van der Waals surface area contributed by atoms with E-state index in [1.54, 1.807) is 18.2 Å². The van der Waals surface area contributed by atoms with Crippen LogP contribution in [0.3, 0.4) is 0 Å². The summed E-state index contributed by atoms with van der Waals surface area (Å²) in [5.74, 6) is -0.0119. The van der Waals surface area contributed by atoms with Crippen molar-refractivity contribution in [3.8, 4) is 0 Å². The Kier molecular flexibility index (Phi) is 4.18. The zero-order chi connectivity index (χ0) is 13.3. The SMILES string of the molecule is C[C@@H]1CCC[C@H](C)N1C(=O)c1cc(Cl)ccc1Cl. The summed E-state index contributed by atoms with van der Waals surface area (Å²) in [7, 11) is 0. The van der Waals surface area contributed by atoms with Gasteiger partial charge in [-0.25, -0.2) is 0 Å². The van der Waals surface area contributed by atoms with E-state index < -0.39 is 0 Å². The highest BCUT2D eigenvalue weighted by Gasteiger charge is 2.30. The third-order valence-electron chi connectivity index (χ3n) is 3.59. The largest absolute Gasteiger partial charge is 0.333 e. The average molecular weight is 286 g/mol. The molecule has 0 N–H and O–H groups in total. The highest BCUT2D eigenvalue weighted by molar-refractivity contribution is 6.35. The number of nitrogens with zero attached hydrogens (tertiary/aromatic N) is 1. The number of amides is 1. The molecule has 2 nitrogen and oxygen atoms in total. The number of hydrogen-bond donors (Lipinski definition) is 0. The standard InChI is InChI=1S/C14H17Cl2NO/c1-9-4-3-5-10(2)17(9)14(18)12-8-11(15)6-7-13(12)16/h6-10H,3-5H2,1-2H3/t9-,10+. The van der Waals surface area contributed by atoms with Gasteiger partial charge in [0.2, 0.25) is 0 Å². The lowest BCUT2D eigenvalue weighted by atomic mass is 9.96. The van der Waals surface area contributed by atoms with Gasteiger partial charge in [-0.2, -0.15) is 0 Å². The first-order valence-corrected chi connectivity index (χ1v) is 7.04. The smallest absolute Gasteiger partial charge is 0.255 e. The molecule has 2 rings (SSSR count). The van der Waals surface area contributed by atoms with Crippen LogP contribution in [0.2, 0.25) is 10.0 Å². The summed E-state index contributed by atoms with van der Waals surface area (Å²) >= 11 is 12.0. The first-order valence-electron chi connectivity index (χ1n) is 6.28. The molecule has 0 radical (unpaired) electrons. The van der Waals surface area contributed by atoms with Crippen molar-refractivity contribution in [2.24, 2.45) is 0 Å². The minimum atomic E-state index is -0.0119. The fourth-order valence-corrected chi connectivity index (χ4v) is 2.99.